The van der Waals surface area contributed by atoms with Crippen molar-refractivity contribution < 1.29 is 31.6 Å². The molecule has 3 aliphatic heterocycles. The number of benzene rings is 2. The number of ether oxygens (including phenoxy) is 1. The molecule has 17 heteroatoms. The van der Waals surface area contributed by atoms with Gasteiger partial charge in [0.25, 0.3) is 5.89 Å². The smallest absolute Gasteiger partial charge is 0.319 e. The van der Waals surface area contributed by atoms with Gasteiger partial charge in [0.2, 0.25) is 11.7 Å². The summed E-state index contributed by atoms with van der Waals surface area (Å²) in [5.74, 6) is -2.00. The van der Waals surface area contributed by atoms with E-state index in [0.29, 0.717) is 28.9 Å². The van der Waals surface area contributed by atoms with Gasteiger partial charge in [-0.05, 0) is 30.8 Å². The second kappa shape index (κ2) is 14.4. The minimum atomic E-state index is -2.93. The van der Waals surface area contributed by atoms with Crippen molar-refractivity contribution in [1.29, 1.82) is 5.26 Å². The number of nitriles is 1. The molecule has 278 valence electrons. The molecule has 12 nitrogen and oxygen atoms in total. The van der Waals surface area contributed by atoms with E-state index in [1.54, 1.807) is 18.2 Å². The Hall–Kier alpha value is -5.40. The summed E-state index contributed by atoms with van der Waals surface area (Å²) in [6, 6.07) is 12.2. The van der Waals surface area contributed by atoms with Gasteiger partial charge < -0.3 is 19.1 Å². The molecule has 2 aromatic carbocycles. The van der Waals surface area contributed by atoms with Crippen molar-refractivity contribution in [3.63, 3.8) is 0 Å². The normalized spacial score (nSPS) is 21.8. The second-order valence-electron chi connectivity index (χ2n) is 13.6. The largest absolute Gasteiger partial charge is 0.461 e. The van der Waals surface area contributed by atoms with Crippen LogP contribution >= 0.6 is 11.6 Å². The molecule has 0 spiro atoms. The molecule has 6 heterocycles. The Morgan fingerprint density at radius 1 is 1.15 bits per heavy atom. The number of piperazine rings is 1. The van der Waals surface area contributed by atoms with Crippen molar-refractivity contribution in [2.45, 2.75) is 49.9 Å². The number of carbonyl (C=O) groups is 1. The van der Waals surface area contributed by atoms with Gasteiger partial charge in [-0.1, -0.05) is 47.1 Å². The van der Waals surface area contributed by atoms with Gasteiger partial charge in [0, 0.05) is 66.9 Å². The molecule has 3 aliphatic rings. The number of carbonyl (C=O) groups excluding carboxylic acids is 1. The maximum Gasteiger partial charge on any atom is 0.319 e. The van der Waals surface area contributed by atoms with Crippen LogP contribution in [0.2, 0.25) is 5.02 Å². The highest BCUT2D eigenvalue weighted by molar-refractivity contribution is 6.36. The summed E-state index contributed by atoms with van der Waals surface area (Å²) < 4.78 is 68.3. The Balaban J connectivity index is 1.15. The van der Waals surface area contributed by atoms with E-state index in [-0.39, 0.29) is 67.0 Å². The van der Waals surface area contributed by atoms with Gasteiger partial charge in [-0.3, -0.25) is 14.7 Å². The van der Waals surface area contributed by atoms with E-state index >= 15 is 4.39 Å². The van der Waals surface area contributed by atoms with Crippen molar-refractivity contribution in [3.8, 4) is 23.3 Å². The van der Waals surface area contributed by atoms with Crippen molar-refractivity contribution >= 4 is 51.1 Å². The Kier molecular flexibility index (Phi) is 9.53. The number of pyridine rings is 1. The number of halogens is 5. The van der Waals surface area contributed by atoms with Gasteiger partial charge in [-0.25, -0.2) is 17.6 Å². The first-order valence-electron chi connectivity index (χ1n) is 17.4. The Bertz CT molecular complexity index is 2310. The van der Waals surface area contributed by atoms with Crippen LogP contribution in [-0.4, -0.2) is 97.9 Å². The lowest BCUT2D eigenvalue weighted by Crippen LogP contribution is -2.55. The molecule has 0 bridgehead atoms. The first-order valence-corrected chi connectivity index (χ1v) is 17.8. The molecule has 54 heavy (non-hydrogen) atoms. The second-order valence-corrected chi connectivity index (χ2v) is 14.0. The first kappa shape index (κ1) is 35.6. The van der Waals surface area contributed by atoms with E-state index in [0.717, 1.165) is 36.9 Å². The molecular formula is C37H32ClF4N9O3. The summed E-state index contributed by atoms with van der Waals surface area (Å²) in [6.45, 7) is 1.66. The maximum absolute atomic E-state index is 16.9. The first-order chi connectivity index (χ1) is 26.1. The number of aromatic nitrogens is 5. The highest BCUT2D eigenvalue weighted by atomic mass is 35.5. The van der Waals surface area contributed by atoms with Crippen LogP contribution in [0.4, 0.5) is 23.4 Å². The number of amides is 1. The standard InChI is InChI=1S/C37H32ClF4N9O3/c38-26-7-2-5-21-4-1-6-24(29(21)26)31-30(40)32-25(17-44-31)35(47-36(46-32)53-20-37-11-3-13-50(37)18-22(39)16-37)49-14-15-51(23(19-49)10-12-43)28(52)9-8-27-45-34(33(41)42)48-54-27/h1-2,4-9,17,22-23,33H,3,10-11,13-16,18-20H2/b9-8+/t22-,23+,37+/m1/s1. The molecule has 0 radical (unpaired) electrons. The van der Waals surface area contributed by atoms with Gasteiger partial charge in [-0.2, -0.15) is 20.2 Å². The molecule has 3 fully saturated rings. The molecule has 3 aromatic heterocycles. The van der Waals surface area contributed by atoms with Crippen molar-refractivity contribution in [2.24, 2.45) is 0 Å². The maximum atomic E-state index is 16.9. The number of fused-ring (bicyclic) bond motifs is 3. The average molecular weight is 762 g/mol. The van der Waals surface area contributed by atoms with Gasteiger partial charge >= 0.3 is 12.4 Å². The molecule has 3 saturated heterocycles. The molecule has 1 amide bonds. The van der Waals surface area contributed by atoms with Crippen LogP contribution in [0.1, 0.15) is 43.8 Å². The summed E-state index contributed by atoms with van der Waals surface area (Å²) in [4.78, 5) is 36.1. The van der Waals surface area contributed by atoms with E-state index in [9.17, 15) is 23.2 Å². The number of alkyl halides is 3. The fraction of sp³-hybridized carbons (Fsp3) is 0.378. The Morgan fingerprint density at radius 2 is 1.98 bits per heavy atom. The zero-order chi connectivity index (χ0) is 37.6. The van der Waals surface area contributed by atoms with Crippen molar-refractivity contribution in [1.82, 2.24) is 34.9 Å². The van der Waals surface area contributed by atoms with E-state index in [1.807, 2.05) is 23.1 Å². The highest BCUT2D eigenvalue weighted by Gasteiger charge is 2.49. The van der Waals surface area contributed by atoms with Crippen LogP contribution in [0.25, 0.3) is 39.0 Å². The molecule has 0 unspecified atom stereocenters. The molecular weight excluding hydrogens is 730 g/mol. The van der Waals surface area contributed by atoms with Crippen LogP contribution in [0, 0.1) is 17.1 Å². The van der Waals surface area contributed by atoms with Crippen molar-refractivity contribution in [2.75, 3.05) is 44.2 Å². The molecule has 0 aliphatic carbocycles. The fourth-order valence-corrected chi connectivity index (χ4v) is 8.20. The van der Waals surface area contributed by atoms with Crippen LogP contribution in [-0.2, 0) is 4.79 Å². The third-order valence-electron chi connectivity index (χ3n) is 10.4. The molecule has 5 aromatic rings. The van der Waals surface area contributed by atoms with Gasteiger partial charge in [0.15, 0.2) is 5.82 Å². The molecule has 0 saturated carbocycles. The van der Waals surface area contributed by atoms with Crippen LogP contribution < -0.4 is 9.64 Å². The SMILES string of the molecule is N#CC[C@H]1CN(c2nc(OC[C@@]34CCCN3C[C@H](F)C4)nc3c(F)c(-c4cccc5cccc(Cl)c45)ncc23)CCN1C(=O)/C=C/c1nc(C(F)F)no1. The molecule has 8 rings (SSSR count). The number of anilines is 1. The lowest BCUT2D eigenvalue weighted by atomic mass is 9.95. The molecule has 3 atom stereocenters. The van der Waals surface area contributed by atoms with Gasteiger partial charge in [-0.15, -0.1) is 0 Å². The monoisotopic (exact) mass is 761 g/mol. The van der Waals surface area contributed by atoms with E-state index in [2.05, 4.69) is 31.1 Å². The number of rotatable bonds is 9. The number of hydrogen-bond donors (Lipinski definition) is 0. The summed E-state index contributed by atoms with van der Waals surface area (Å²) in [6.07, 6.45) is 1.74. The van der Waals surface area contributed by atoms with Crippen LogP contribution in [0.15, 0.2) is 53.2 Å². The van der Waals surface area contributed by atoms with E-state index in [4.69, 9.17) is 25.8 Å². The minimum absolute atomic E-state index is 0.0277. The van der Waals surface area contributed by atoms with E-state index < -0.39 is 41.7 Å². The van der Waals surface area contributed by atoms with Gasteiger partial charge in [0.05, 0.1) is 29.5 Å². The fourth-order valence-electron chi connectivity index (χ4n) is 7.92. The topological polar surface area (TPSA) is 137 Å². The highest BCUT2D eigenvalue weighted by Crippen LogP contribution is 2.41. The van der Waals surface area contributed by atoms with Crippen LogP contribution in [0.3, 0.4) is 0 Å². The van der Waals surface area contributed by atoms with Crippen LogP contribution in [0.5, 0.6) is 6.01 Å². The summed E-state index contributed by atoms with van der Waals surface area (Å²) in [5, 5.41) is 15.0. The zero-order valence-corrected chi connectivity index (χ0v) is 29.4. The predicted molar refractivity (Wildman–Crippen MR) is 190 cm³/mol. The average Bonchev–Trinajstić information content (AvgIpc) is 3.88. The third-order valence-corrected chi connectivity index (χ3v) is 10.7. The zero-order valence-electron chi connectivity index (χ0n) is 28.6. The summed E-state index contributed by atoms with van der Waals surface area (Å²) in [5.41, 5.74) is -0.0690. The third kappa shape index (κ3) is 6.55. The van der Waals surface area contributed by atoms with Crippen molar-refractivity contribution in [3.05, 3.63) is 71.2 Å². The predicted octanol–water partition coefficient (Wildman–Crippen LogP) is 6.56. The Labute approximate surface area is 311 Å². The minimum Gasteiger partial charge on any atom is -0.461 e. The molecule has 0 N–H and O–H groups in total. The summed E-state index contributed by atoms with van der Waals surface area (Å²) >= 11 is 6.60. The lowest BCUT2D eigenvalue weighted by molar-refractivity contribution is -0.128. The lowest BCUT2D eigenvalue weighted by Gasteiger charge is -2.41. The van der Waals surface area contributed by atoms with Gasteiger partial charge in [0.1, 0.15) is 29.8 Å². The number of hydrogen-bond acceptors (Lipinski definition) is 11. The number of nitrogens with zero attached hydrogens (tertiary/aromatic N) is 9. The van der Waals surface area contributed by atoms with E-state index in [1.165, 1.54) is 11.1 Å². The Morgan fingerprint density at radius 3 is 2.78 bits per heavy atom. The quantitative estimate of drug-likeness (QED) is 0.119. The summed E-state index contributed by atoms with van der Waals surface area (Å²) in [7, 11) is 0.